The molecule has 0 saturated carbocycles. The van der Waals surface area contributed by atoms with Gasteiger partial charge in [-0.2, -0.15) is 5.10 Å². The van der Waals surface area contributed by atoms with Crippen LogP contribution in [0.4, 0.5) is 10.1 Å². The molecule has 0 aliphatic carbocycles. The number of carbonyl (C=O) groups is 1. The number of aromatic amines is 1. The monoisotopic (exact) mass is 489 g/mol. The fourth-order valence-corrected chi connectivity index (χ4v) is 4.93. The molecule has 0 radical (unpaired) electrons. The van der Waals surface area contributed by atoms with Crippen molar-refractivity contribution in [1.29, 1.82) is 0 Å². The third-order valence-electron chi connectivity index (χ3n) is 6.47. The molecule has 1 aliphatic heterocycles. The number of rotatable bonds is 4. The maximum atomic E-state index is 15.9. The predicted octanol–water partition coefficient (Wildman–Crippen LogP) is 4.40. The number of anilines is 1. The van der Waals surface area contributed by atoms with Crippen molar-refractivity contribution in [3.63, 3.8) is 0 Å². The van der Waals surface area contributed by atoms with E-state index < -0.39 is 5.82 Å². The second-order valence-corrected chi connectivity index (χ2v) is 8.79. The van der Waals surface area contributed by atoms with Crippen molar-refractivity contribution >= 4 is 45.0 Å². The third-order valence-corrected chi connectivity index (χ3v) is 6.86. The maximum Gasteiger partial charge on any atom is 0.246 e. The van der Waals surface area contributed by atoms with Crippen molar-refractivity contribution in [3.8, 4) is 11.3 Å². The van der Waals surface area contributed by atoms with E-state index in [1.165, 1.54) is 6.08 Å². The predicted molar refractivity (Wildman–Crippen MR) is 134 cm³/mol. The second-order valence-electron chi connectivity index (χ2n) is 8.38. The Labute approximate surface area is 205 Å². The van der Waals surface area contributed by atoms with Gasteiger partial charge in [0.15, 0.2) is 5.82 Å². The van der Waals surface area contributed by atoms with Gasteiger partial charge in [-0.15, -0.1) is 0 Å². The van der Waals surface area contributed by atoms with Gasteiger partial charge in [0.25, 0.3) is 0 Å². The summed E-state index contributed by atoms with van der Waals surface area (Å²) >= 11 is 6.41. The number of aromatic nitrogens is 4. The zero-order chi connectivity index (χ0) is 24.7. The molecule has 1 aliphatic rings. The first-order chi connectivity index (χ1) is 16.9. The summed E-state index contributed by atoms with van der Waals surface area (Å²) in [7, 11) is 0. The lowest BCUT2D eigenvalue weighted by molar-refractivity contribution is -0.128. The van der Waals surface area contributed by atoms with Crippen molar-refractivity contribution in [1.82, 2.24) is 25.1 Å². The summed E-state index contributed by atoms with van der Waals surface area (Å²) in [4.78, 5) is 28.3. The van der Waals surface area contributed by atoms with Crippen LogP contribution in [0.2, 0.25) is 5.02 Å². The van der Waals surface area contributed by atoms with Crippen LogP contribution in [-0.4, -0.2) is 63.2 Å². The van der Waals surface area contributed by atoms with Crippen LogP contribution in [0.1, 0.15) is 5.56 Å². The summed E-state index contributed by atoms with van der Waals surface area (Å²) in [6, 6.07) is 3.27. The first-order valence-corrected chi connectivity index (χ1v) is 11.4. The number of fused-ring (bicyclic) bond motifs is 2. The number of piperazine rings is 1. The molecule has 1 N–H and O–H groups in total. The minimum atomic E-state index is -0.546. The number of H-pyrrole nitrogens is 1. The molecule has 0 unspecified atom stereocenters. The van der Waals surface area contributed by atoms with Crippen LogP contribution in [0.3, 0.4) is 0 Å². The highest BCUT2D eigenvalue weighted by Crippen LogP contribution is 2.38. The van der Waals surface area contributed by atoms with Gasteiger partial charge in [0.05, 0.1) is 11.7 Å². The van der Waals surface area contributed by atoms with E-state index in [-0.39, 0.29) is 29.7 Å². The van der Waals surface area contributed by atoms with Crippen LogP contribution in [-0.2, 0) is 4.79 Å². The van der Waals surface area contributed by atoms with Gasteiger partial charge in [-0.05, 0) is 30.7 Å². The molecule has 1 fully saturated rings. The Hall–Kier alpha value is -4.03. The van der Waals surface area contributed by atoms with Crippen LogP contribution >= 0.6 is 11.6 Å². The number of halogens is 2. The molecule has 3 aromatic heterocycles. The maximum absolute atomic E-state index is 15.9. The average Bonchev–Trinajstić information content (AvgIpc) is 3.33. The Morgan fingerprint density at radius 1 is 1.37 bits per heavy atom. The standard InChI is InChI=1S/C25H21ClFN7O/c1-4-21(35)34-8-7-33(13-15(34)10-28-3)20-5-6-29-24-17(20)11-30-25(23(24)27)22-14(2)18(26)9-19-16(22)12-31-32-19/h4-6,9,11-12,15H,1,7-8,10,13H2,2H3,(H,31,32)/t15-/m0/s1. The molecule has 1 atom stereocenters. The largest absolute Gasteiger partial charge is 0.367 e. The van der Waals surface area contributed by atoms with E-state index in [1.807, 2.05) is 17.9 Å². The zero-order valence-corrected chi connectivity index (χ0v) is 19.7. The Kier molecular flexibility index (Phi) is 5.83. The first-order valence-electron chi connectivity index (χ1n) is 11.0. The van der Waals surface area contributed by atoms with Crippen molar-refractivity contribution in [2.75, 3.05) is 31.1 Å². The van der Waals surface area contributed by atoms with E-state index in [0.29, 0.717) is 46.7 Å². The molecule has 1 aromatic carbocycles. The van der Waals surface area contributed by atoms with Crippen LogP contribution < -0.4 is 4.90 Å². The van der Waals surface area contributed by atoms with Gasteiger partial charge in [0, 0.05) is 59.1 Å². The molecule has 8 nitrogen and oxygen atoms in total. The van der Waals surface area contributed by atoms with Gasteiger partial charge in [-0.25, -0.2) is 11.0 Å². The number of hydrogen-bond acceptors (Lipinski definition) is 5. The van der Waals surface area contributed by atoms with E-state index >= 15 is 4.39 Å². The molecule has 0 bridgehead atoms. The van der Waals surface area contributed by atoms with E-state index in [4.69, 9.17) is 18.2 Å². The van der Waals surface area contributed by atoms with E-state index in [9.17, 15) is 4.79 Å². The number of nitrogens with zero attached hydrogens (tertiary/aromatic N) is 6. The topological polar surface area (TPSA) is 82.4 Å². The molecule has 4 heterocycles. The first kappa shape index (κ1) is 22.7. The highest BCUT2D eigenvalue weighted by atomic mass is 35.5. The summed E-state index contributed by atoms with van der Waals surface area (Å²) in [6.07, 6.45) is 6.08. The summed E-state index contributed by atoms with van der Waals surface area (Å²) < 4.78 is 15.9. The van der Waals surface area contributed by atoms with Crippen LogP contribution in [0.15, 0.2) is 43.4 Å². The lowest BCUT2D eigenvalue weighted by Gasteiger charge is -2.40. The Morgan fingerprint density at radius 3 is 2.97 bits per heavy atom. The van der Waals surface area contributed by atoms with Crippen molar-refractivity contribution < 1.29 is 9.18 Å². The number of pyridine rings is 2. The molecule has 5 rings (SSSR count). The van der Waals surface area contributed by atoms with Gasteiger partial charge in [0.2, 0.25) is 12.5 Å². The van der Waals surface area contributed by atoms with E-state index in [2.05, 4.69) is 31.6 Å². The number of nitrogens with one attached hydrogen (secondary N) is 1. The molecule has 4 aromatic rings. The quantitative estimate of drug-likeness (QED) is 0.339. The van der Waals surface area contributed by atoms with Crippen molar-refractivity contribution in [2.24, 2.45) is 0 Å². The third kappa shape index (κ3) is 3.76. The Balaban J connectivity index is 1.59. The summed E-state index contributed by atoms with van der Waals surface area (Å²) in [6.45, 7) is 14.3. The summed E-state index contributed by atoms with van der Waals surface area (Å²) in [5.41, 5.74) is 3.06. The highest BCUT2D eigenvalue weighted by molar-refractivity contribution is 6.32. The van der Waals surface area contributed by atoms with Crippen LogP contribution in [0, 0.1) is 19.3 Å². The molecular weight excluding hydrogens is 469 g/mol. The molecule has 176 valence electrons. The van der Waals surface area contributed by atoms with E-state index in [1.54, 1.807) is 29.6 Å². The number of benzene rings is 1. The van der Waals surface area contributed by atoms with Gasteiger partial charge in [0.1, 0.15) is 17.3 Å². The second kappa shape index (κ2) is 8.96. The van der Waals surface area contributed by atoms with Gasteiger partial charge >= 0.3 is 0 Å². The molecule has 1 saturated heterocycles. The number of hydrogen-bond donors (Lipinski definition) is 1. The van der Waals surface area contributed by atoms with Gasteiger partial charge in [-0.3, -0.25) is 19.9 Å². The smallest absolute Gasteiger partial charge is 0.246 e. The van der Waals surface area contributed by atoms with Gasteiger partial charge < -0.3 is 14.6 Å². The average molecular weight is 490 g/mol. The summed E-state index contributed by atoms with van der Waals surface area (Å²) in [5, 5.41) is 8.71. The van der Waals surface area contributed by atoms with Gasteiger partial charge in [-0.1, -0.05) is 18.2 Å². The van der Waals surface area contributed by atoms with Crippen LogP contribution in [0.5, 0.6) is 0 Å². The fraction of sp³-hybridized carbons (Fsp3) is 0.240. The lowest BCUT2D eigenvalue weighted by atomic mass is 9.99. The SMILES string of the molecule is [C-]#[N+]C[C@H]1CN(c2ccnc3c(F)c(-c4c(C)c(Cl)cc5[nH]ncc45)ncc23)CCN1C(=O)C=C. The Bertz CT molecular complexity index is 1530. The minimum Gasteiger partial charge on any atom is -0.367 e. The van der Waals surface area contributed by atoms with Crippen molar-refractivity contribution in [3.05, 3.63) is 71.2 Å². The number of carbonyl (C=O) groups excluding carboxylic acids is 1. The molecular formula is C25H21ClFN7O. The summed E-state index contributed by atoms with van der Waals surface area (Å²) in [5.74, 6) is -0.743. The minimum absolute atomic E-state index is 0.154. The molecule has 35 heavy (non-hydrogen) atoms. The van der Waals surface area contributed by atoms with Crippen molar-refractivity contribution in [2.45, 2.75) is 13.0 Å². The lowest BCUT2D eigenvalue weighted by Crippen LogP contribution is -2.56. The highest BCUT2D eigenvalue weighted by Gasteiger charge is 2.32. The Morgan fingerprint density at radius 2 is 2.20 bits per heavy atom. The van der Waals surface area contributed by atoms with Crippen LogP contribution in [0.25, 0.3) is 37.9 Å². The van der Waals surface area contributed by atoms with E-state index in [0.717, 1.165) is 11.1 Å². The molecule has 1 amide bonds. The molecule has 0 spiro atoms. The fourth-order valence-electron chi connectivity index (χ4n) is 4.72. The zero-order valence-electron chi connectivity index (χ0n) is 18.9. The number of amides is 1. The molecule has 10 heteroatoms. The normalized spacial score (nSPS) is 16.0.